The summed E-state index contributed by atoms with van der Waals surface area (Å²) >= 11 is 0. The van der Waals surface area contributed by atoms with Crippen molar-refractivity contribution >= 4 is 23.5 Å². The molecule has 1 heterocycles. The number of nitrogens with zero attached hydrogens (tertiary/aromatic N) is 1. The van der Waals surface area contributed by atoms with E-state index in [0.29, 0.717) is 36.3 Å². The van der Waals surface area contributed by atoms with Crippen molar-refractivity contribution in [3.63, 3.8) is 0 Å². The topological polar surface area (TPSA) is 75.7 Å². The first-order valence-corrected chi connectivity index (χ1v) is 12.9. The van der Waals surface area contributed by atoms with Crippen LogP contribution in [0.3, 0.4) is 0 Å². The Bertz CT molecular complexity index is 1270. The minimum Gasteiger partial charge on any atom is -0.469 e. The summed E-state index contributed by atoms with van der Waals surface area (Å²) in [5.74, 6) is -0.827. The van der Waals surface area contributed by atoms with Gasteiger partial charge in [0.25, 0.3) is 11.8 Å². The maximum Gasteiger partial charge on any atom is 0.310 e. The van der Waals surface area contributed by atoms with Crippen LogP contribution in [0, 0.1) is 5.92 Å². The van der Waals surface area contributed by atoms with Gasteiger partial charge in [-0.25, -0.2) is 0 Å². The highest BCUT2D eigenvalue weighted by Crippen LogP contribution is 2.30. The van der Waals surface area contributed by atoms with Gasteiger partial charge in [0.2, 0.25) is 0 Å². The van der Waals surface area contributed by atoms with Crippen molar-refractivity contribution in [2.24, 2.45) is 5.92 Å². The third-order valence-corrected chi connectivity index (χ3v) is 6.97. The van der Waals surface area contributed by atoms with Crippen molar-refractivity contribution in [3.8, 4) is 11.1 Å². The van der Waals surface area contributed by atoms with E-state index in [1.165, 1.54) is 12.7 Å². The summed E-state index contributed by atoms with van der Waals surface area (Å²) in [5, 5.41) is 2.95. The van der Waals surface area contributed by atoms with Gasteiger partial charge in [0.05, 0.1) is 13.0 Å². The van der Waals surface area contributed by atoms with Crippen molar-refractivity contribution in [1.82, 2.24) is 4.90 Å². The summed E-state index contributed by atoms with van der Waals surface area (Å²) in [6.45, 7) is 4.93. The molecule has 1 atom stereocenters. The van der Waals surface area contributed by atoms with Crippen LogP contribution in [0.25, 0.3) is 11.1 Å². The van der Waals surface area contributed by atoms with Gasteiger partial charge in [-0.15, -0.1) is 0 Å². The van der Waals surface area contributed by atoms with Gasteiger partial charge in [-0.05, 0) is 71.8 Å². The lowest BCUT2D eigenvalue weighted by atomic mass is 10.00. The fourth-order valence-corrected chi connectivity index (χ4v) is 4.64. The molecule has 0 spiro atoms. The Balaban J connectivity index is 1.41. The van der Waals surface area contributed by atoms with Crippen LogP contribution < -0.4 is 5.32 Å². The van der Waals surface area contributed by atoms with Crippen molar-refractivity contribution in [3.05, 3.63) is 89.0 Å². The number of carbonyl (C=O) groups is 3. The molecule has 0 saturated carbocycles. The van der Waals surface area contributed by atoms with Crippen LogP contribution in [-0.4, -0.2) is 36.3 Å². The van der Waals surface area contributed by atoms with Crippen molar-refractivity contribution < 1.29 is 19.1 Å². The first-order valence-electron chi connectivity index (χ1n) is 12.9. The maximum atomic E-state index is 13.1. The molecule has 1 N–H and O–H groups in total. The number of benzene rings is 3. The fourth-order valence-electron chi connectivity index (χ4n) is 4.64. The van der Waals surface area contributed by atoms with Crippen molar-refractivity contribution in [2.45, 2.75) is 46.1 Å². The predicted molar refractivity (Wildman–Crippen MR) is 145 cm³/mol. The molecule has 3 aromatic carbocycles. The molecule has 0 bridgehead atoms. The highest BCUT2D eigenvalue weighted by Gasteiger charge is 2.31. The van der Waals surface area contributed by atoms with E-state index in [2.05, 4.69) is 12.2 Å². The number of methoxy groups -OCH3 is 1. The minimum atomic E-state index is -0.329. The van der Waals surface area contributed by atoms with Gasteiger partial charge >= 0.3 is 5.97 Å². The second-order valence-corrected chi connectivity index (χ2v) is 9.52. The standard InChI is InChI=1S/C31H34N2O4/c1-4-6-7-21-8-10-24(11-9-21)29(34)32-27-16-14-23(15-17-27)25-12-13-26-20-33(30(35)28(26)18-25)19-22(5-2)31(36)37-3/h8-18,22H,4-7,19-20H2,1-3H3,(H,32,34)/t22-/m0/s1. The number of hydrogen-bond acceptors (Lipinski definition) is 4. The Morgan fingerprint density at radius 1 is 0.973 bits per heavy atom. The summed E-state index contributed by atoms with van der Waals surface area (Å²) < 4.78 is 4.88. The molecule has 0 saturated heterocycles. The van der Waals surface area contributed by atoms with Gasteiger partial charge in [-0.3, -0.25) is 14.4 Å². The molecule has 37 heavy (non-hydrogen) atoms. The first-order chi connectivity index (χ1) is 17.9. The highest BCUT2D eigenvalue weighted by atomic mass is 16.5. The number of ether oxygens (including phenoxy) is 1. The molecule has 0 aliphatic carbocycles. The zero-order chi connectivity index (χ0) is 26.4. The lowest BCUT2D eigenvalue weighted by Crippen LogP contribution is -2.33. The van der Waals surface area contributed by atoms with Gasteiger partial charge < -0.3 is 15.0 Å². The lowest BCUT2D eigenvalue weighted by Gasteiger charge is -2.20. The Morgan fingerprint density at radius 3 is 2.32 bits per heavy atom. The van der Waals surface area contributed by atoms with Gasteiger partial charge in [0.15, 0.2) is 0 Å². The Kier molecular flexibility index (Phi) is 8.39. The maximum absolute atomic E-state index is 13.1. The molecule has 0 fully saturated rings. The number of rotatable bonds is 10. The molecule has 4 rings (SSSR count). The number of unbranched alkanes of at least 4 members (excludes halogenated alkanes) is 1. The molecule has 0 aromatic heterocycles. The quantitative estimate of drug-likeness (QED) is 0.343. The number of amides is 2. The van der Waals surface area contributed by atoms with Crippen LogP contribution in [-0.2, 0) is 22.5 Å². The zero-order valence-corrected chi connectivity index (χ0v) is 21.8. The summed E-state index contributed by atoms with van der Waals surface area (Å²) in [6, 6.07) is 21.3. The number of aryl methyl sites for hydroxylation is 1. The SMILES string of the molecule is CCCCc1ccc(C(=O)Nc2ccc(-c3ccc4c(c3)C(=O)N(C[C@H](CC)C(=O)OC)C4)cc2)cc1. The number of anilines is 1. The Hall–Kier alpha value is -3.93. The molecule has 2 amide bonds. The molecule has 3 aromatic rings. The second-order valence-electron chi connectivity index (χ2n) is 9.52. The van der Waals surface area contributed by atoms with Crippen molar-refractivity contribution in [1.29, 1.82) is 0 Å². The van der Waals surface area contributed by atoms with E-state index in [1.54, 1.807) is 4.90 Å². The molecule has 0 unspecified atom stereocenters. The van der Waals surface area contributed by atoms with Crippen LogP contribution >= 0.6 is 0 Å². The summed E-state index contributed by atoms with van der Waals surface area (Å²) in [4.78, 5) is 39.4. The highest BCUT2D eigenvalue weighted by molar-refractivity contribution is 6.04. The van der Waals surface area contributed by atoms with Gasteiger partial charge in [-0.2, -0.15) is 0 Å². The average molecular weight is 499 g/mol. The van der Waals surface area contributed by atoms with Crippen LogP contribution in [0.2, 0.25) is 0 Å². The average Bonchev–Trinajstić information content (AvgIpc) is 3.24. The Morgan fingerprint density at radius 2 is 1.68 bits per heavy atom. The third-order valence-electron chi connectivity index (χ3n) is 6.97. The number of esters is 1. The summed E-state index contributed by atoms with van der Waals surface area (Å²) in [5.41, 5.74) is 6.08. The largest absolute Gasteiger partial charge is 0.469 e. The number of nitrogens with one attached hydrogen (secondary N) is 1. The second kappa shape index (κ2) is 11.9. The molecule has 1 aliphatic heterocycles. The van der Waals surface area contributed by atoms with Gasteiger partial charge in [-0.1, -0.05) is 56.7 Å². The van der Waals surface area contributed by atoms with E-state index in [0.717, 1.165) is 36.0 Å². The van der Waals surface area contributed by atoms with Gasteiger partial charge in [0, 0.05) is 29.9 Å². The van der Waals surface area contributed by atoms with E-state index in [1.807, 2.05) is 73.7 Å². The number of fused-ring (bicyclic) bond motifs is 1. The van der Waals surface area contributed by atoms with Crippen LogP contribution in [0.5, 0.6) is 0 Å². The Labute approximate surface area is 218 Å². The monoisotopic (exact) mass is 498 g/mol. The molecule has 6 heteroatoms. The van der Waals surface area contributed by atoms with Crippen LogP contribution in [0.4, 0.5) is 5.69 Å². The third kappa shape index (κ3) is 6.08. The summed E-state index contributed by atoms with van der Waals surface area (Å²) in [6.07, 6.45) is 3.93. The van der Waals surface area contributed by atoms with E-state index < -0.39 is 0 Å². The molecule has 6 nitrogen and oxygen atoms in total. The van der Waals surface area contributed by atoms with Crippen molar-refractivity contribution in [2.75, 3.05) is 19.0 Å². The number of hydrogen-bond donors (Lipinski definition) is 1. The molecule has 192 valence electrons. The lowest BCUT2D eigenvalue weighted by molar-refractivity contribution is -0.146. The normalized spacial score (nSPS) is 13.3. The van der Waals surface area contributed by atoms with Crippen LogP contribution in [0.1, 0.15) is 65.0 Å². The first kappa shape index (κ1) is 26.1. The van der Waals surface area contributed by atoms with E-state index >= 15 is 0 Å². The van der Waals surface area contributed by atoms with E-state index in [9.17, 15) is 14.4 Å². The van der Waals surface area contributed by atoms with Gasteiger partial charge in [0.1, 0.15) is 0 Å². The molecule has 0 radical (unpaired) electrons. The number of carbonyl (C=O) groups excluding carboxylic acids is 3. The molecular formula is C31H34N2O4. The fraction of sp³-hybridized carbons (Fsp3) is 0.323. The van der Waals surface area contributed by atoms with E-state index in [4.69, 9.17) is 4.74 Å². The van der Waals surface area contributed by atoms with E-state index in [-0.39, 0.29) is 23.7 Å². The zero-order valence-electron chi connectivity index (χ0n) is 21.8. The summed E-state index contributed by atoms with van der Waals surface area (Å²) in [7, 11) is 1.38. The molecule has 1 aliphatic rings. The molecular weight excluding hydrogens is 464 g/mol. The predicted octanol–water partition coefficient (Wildman–Crippen LogP) is 6.10. The van der Waals surface area contributed by atoms with Crippen LogP contribution in [0.15, 0.2) is 66.7 Å². The smallest absolute Gasteiger partial charge is 0.310 e. The minimum absolute atomic E-state index is 0.0659.